The number of nitrogen functional groups attached to an aromatic ring is 1. The first-order chi connectivity index (χ1) is 9.06. The molecule has 98 valence electrons. The predicted molar refractivity (Wildman–Crippen MR) is 79.4 cm³/mol. The van der Waals surface area contributed by atoms with E-state index in [0.29, 0.717) is 23.6 Å². The zero-order valence-corrected chi connectivity index (χ0v) is 11.4. The van der Waals surface area contributed by atoms with Gasteiger partial charge >= 0.3 is 0 Å². The van der Waals surface area contributed by atoms with Crippen molar-refractivity contribution in [2.75, 3.05) is 5.73 Å². The van der Waals surface area contributed by atoms with Crippen molar-refractivity contribution >= 4 is 11.5 Å². The third kappa shape index (κ3) is 3.44. The first kappa shape index (κ1) is 13.3. The third-order valence-corrected chi connectivity index (χ3v) is 3.24. The predicted octanol–water partition coefficient (Wildman–Crippen LogP) is 3.82. The van der Waals surface area contributed by atoms with Crippen molar-refractivity contribution in [1.29, 1.82) is 0 Å². The number of anilines is 1. The molecule has 2 rings (SSSR count). The van der Waals surface area contributed by atoms with Crippen LogP contribution >= 0.6 is 0 Å². The molecule has 0 aliphatic heterocycles. The Morgan fingerprint density at radius 1 is 1.00 bits per heavy atom. The number of ketones is 1. The molecular formula is C17H19NO. The Morgan fingerprint density at radius 3 is 2.11 bits per heavy atom. The minimum atomic E-state index is 0.122. The summed E-state index contributed by atoms with van der Waals surface area (Å²) in [5.41, 5.74) is 9.34. The smallest absolute Gasteiger partial charge is 0.167 e. The molecule has 0 heterocycles. The van der Waals surface area contributed by atoms with E-state index in [-0.39, 0.29) is 5.78 Å². The van der Waals surface area contributed by atoms with Gasteiger partial charge in [0, 0.05) is 17.7 Å². The second-order valence-corrected chi connectivity index (χ2v) is 5.12. The fraction of sp³-hybridized carbons (Fsp3) is 0.235. The number of carbonyl (C=O) groups is 1. The van der Waals surface area contributed by atoms with E-state index < -0.39 is 0 Å². The van der Waals surface area contributed by atoms with E-state index in [2.05, 4.69) is 26.0 Å². The van der Waals surface area contributed by atoms with Crippen LogP contribution in [0.5, 0.6) is 0 Å². The maximum absolute atomic E-state index is 12.1. The van der Waals surface area contributed by atoms with Crippen LogP contribution in [0.1, 0.15) is 41.3 Å². The lowest BCUT2D eigenvalue weighted by molar-refractivity contribution is 0.0993. The Balaban J connectivity index is 2.08. The van der Waals surface area contributed by atoms with Crippen LogP contribution in [0.3, 0.4) is 0 Å². The lowest BCUT2D eigenvalue weighted by Crippen LogP contribution is -2.03. The van der Waals surface area contributed by atoms with E-state index in [4.69, 9.17) is 5.73 Å². The molecule has 2 aromatic carbocycles. The summed E-state index contributed by atoms with van der Waals surface area (Å²) in [7, 11) is 0. The molecule has 0 amide bonds. The highest BCUT2D eigenvalue weighted by Gasteiger charge is 2.07. The lowest BCUT2D eigenvalue weighted by Gasteiger charge is -2.07. The molecule has 2 aromatic rings. The molecule has 0 aliphatic rings. The second kappa shape index (κ2) is 5.70. The summed E-state index contributed by atoms with van der Waals surface area (Å²) < 4.78 is 0. The van der Waals surface area contributed by atoms with Crippen LogP contribution < -0.4 is 5.73 Å². The molecule has 0 bridgehead atoms. The monoisotopic (exact) mass is 253 g/mol. The van der Waals surface area contributed by atoms with Gasteiger partial charge in [0.1, 0.15) is 0 Å². The Hall–Kier alpha value is -2.09. The molecule has 19 heavy (non-hydrogen) atoms. The maximum Gasteiger partial charge on any atom is 0.167 e. The molecule has 2 heteroatoms. The number of carbonyl (C=O) groups excluding carboxylic acids is 1. The van der Waals surface area contributed by atoms with Gasteiger partial charge in [-0.05, 0) is 41.3 Å². The highest BCUT2D eigenvalue weighted by atomic mass is 16.1. The third-order valence-electron chi connectivity index (χ3n) is 3.24. The standard InChI is InChI=1S/C17H19NO/c1-12(2)14-5-3-13(4-6-14)11-17(19)15-7-9-16(18)10-8-15/h3-10,12H,11,18H2,1-2H3. The van der Waals surface area contributed by atoms with Gasteiger partial charge in [0.15, 0.2) is 5.78 Å². The average molecular weight is 253 g/mol. The van der Waals surface area contributed by atoms with Gasteiger partial charge in [-0.15, -0.1) is 0 Å². The van der Waals surface area contributed by atoms with Gasteiger partial charge in [0.2, 0.25) is 0 Å². The molecule has 0 atom stereocenters. The Morgan fingerprint density at radius 2 is 1.58 bits per heavy atom. The summed E-state index contributed by atoms with van der Waals surface area (Å²) in [6.07, 6.45) is 0.433. The lowest BCUT2D eigenvalue weighted by atomic mass is 9.98. The summed E-state index contributed by atoms with van der Waals surface area (Å²) in [5, 5.41) is 0. The summed E-state index contributed by atoms with van der Waals surface area (Å²) in [4.78, 5) is 12.1. The van der Waals surface area contributed by atoms with E-state index in [1.807, 2.05) is 12.1 Å². The number of rotatable bonds is 4. The maximum atomic E-state index is 12.1. The van der Waals surface area contributed by atoms with E-state index in [1.54, 1.807) is 24.3 Å². The normalized spacial score (nSPS) is 10.7. The average Bonchev–Trinajstić information content (AvgIpc) is 2.40. The molecule has 0 aliphatic carbocycles. The largest absolute Gasteiger partial charge is 0.399 e. The van der Waals surface area contributed by atoms with E-state index in [1.165, 1.54) is 5.56 Å². The van der Waals surface area contributed by atoms with Crippen molar-refractivity contribution in [3.05, 3.63) is 65.2 Å². The molecule has 0 saturated heterocycles. The molecule has 0 fully saturated rings. The fourth-order valence-electron chi connectivity index (χ4n) is 1.98. The van der Waals surface area contributed by atoms with E-state index in [9.17, 15) is 4.79 Å². The van der Waals surface area contributed by atoms with E-state index >= 15 is 0 Å². The highest BCUT2D eigenvalue weighted by molar-refractivity contribution is 5.97. The van der Waals surface area contributed by atoms with Crippen LogP contribution in [0, 0.1) is 0 Å². The summed E-state index contributed by atoms with van der Waals surface area (Å²) in [6.45, 7) is 4.32. The van der Waals surface area contributed by atoms with Crippen LogP contribution in [0.15, 0.2) is 48.5 Å². The quantitative estimate of drug-likeness (QED) is 0.665. The Bertz CT molecular complexity index is 553. The summed E-state index contributed by atoms with van der Waals surface area (Å²) in [6, 6.07) is 15.3. The number of hydrogen-bond donors (Lipinski definition) is 1. The minimum Gasteiger partial charge on any atom is -0.399 e. The second-order valence-electron chi connectivity index (χ2n) is 5.12. The van der Waals surface area contributed by atoms with Gasteiger partial charge in [-0.3, -0.25) is 4.79 Å². The first-order valence-corrected chi connectivity index (χ1v) is 6.54. The van der Waals surface area contributed by atoms with Crippen molar-refractivity contribution in [2.45, 2.75) is 26.2 Å². The molecule has 0 unspecified atom stereocenters. The van der Waals surface area contributed by atoms with Gasteiger partial charge in [-0.1, -0.05) is 38.1 Å². The summed E-state index contributed by atoms with van der Waals surface area (Å²) in [5.74, 6) is 0.638. The minimum absolute atomic E-state index is 0.122. The van der Waals surface area contributed by atoms with Gasteiger partial charge < -0.3 is 5.73 Å². The Labute approximate surface area is 114 Å². The highest BCUT2D eigenvalue weighted by Crippen LogP contribution is 2.16. The molecule has 2 N–H and O–H groups in total. The number of hydrogen-bond acceptors (Lipinski definition) is 2. The number of Topliss-reactive ketones (excluding diaryl/α,β-unsaturated/α-hetero) is 1. The van der Waals surface area contributed by atoms with Gasteiger partial charge in [-0.2, -0.15) is 0 Å². The molecule has 0 spiro atoms. The van der Waals surface area contributed by atoms with Crippen LogP contribution in [0.2, 0.25) is 0 Å². The SMILES string of the molecule is CC(C)c1ccc(CC(=O)c2ccc(N)cc2)cc1. The molecule has 0 radical (unpaired) electrons. The molecule has 0 saturated carbocycles. The van der Waals surface area contributed by atoms with Gasteiger partial charge in [0.25, 0.3) is 0 Å². The van der Waals surface area contributed by atoms with Gasteiger partial charge in [0.05, 0.1) is 0 Å². The summed E-state index contributed by atoms with van der Waals surface area (Å²) >= 11 is 0. The molecular weight excluding hydrogens is 234 g/mol. The zero-order chi connectivity index (χ0) is 13.8. The zero-order valence-electron chi connectivity index (χ0n) is 11.4. The van der Waals surface area contributed by atoms with Crippen LogP contribution in [-0.4, -0.2) is 5.78 Å². The number of nitrogens with two attached hydrogens (primary N) is 1. The van der Waals surface area contributed by atoms with Crippen molar-refractivity contribution in [3.63, 3.8) is 0 Å². The van der Waals surface area contributed by atoms with Crippen LogP contribution in [0.25, 0.3) is 0 Å². The molecule has 2 nitrogen and oxygen atoms in total. The first-order valence-electron chi connectivity index (χ1n) is 6.54. The Kier molecular flexibility index (Phi) is 4.00. The van der Waals surface area contributed by atoms with Crippen LogP contribution in [0.4, 0.5) is 5.69 Å². The topological polar surface area (TPSA) is 43.1 Å². The van der Waals surface area contributed by atoms with E-state index in [0.717, 1.165) is 5.56 Å². The van der Waals surface area contributed by atoms with Crippen molar-refractivity contribution < 1.29 is 4.79 Å². The molecule has 0 aromatic heterocycles. The van der Waals surface area contributed by atoms with Gasteiger partial charge in [-0.25, -0.2) is 0 Å². The van der Waals surface area contributed by atoms with Crippen molar-refractivity contribution in [3.8, 4) is 0 Å². The van der Waals surface area contributed by atoms with Crippen molar-refractivity contribution in [1.82, 2.24) is 0 Å². The fourth-order valence-corrected chi connectivity index (χ4v) is 1.98. The van der Waals surface area contributed by atoms with Crippen LogP contribution in [-0.2, 0) is 6.42 Å². The number of benzene rings is 2. The van der Waals surface area contributed by atoms with Crippen molar-refractivity contribution in [2.24, 2.45) is 0 Å².